The van der Waals surface area contributed by atoms with Gasteiger partial charge in [-0.3, -0.25) is 10.1 Å². The number of guanidine groups is 1. The molecule has 3 N–H and O–H groups in total. The molecule has 1 aromatic rings. The molecule has 1 atom stereocenters. The van der Waals surface area contributed by atoms with Crippen LogP contribution in [0.15, 0.2) is 17.1 Å². The fraction of sp³-hybridized carbons (Fsp3) is 0.467. The predicted octanol–water partition coefficient (Wildman–Crippen LogP) is -0.250. The van der Waals surface area contributed by atoms with Crippen LogP contribution in [0, 0.1) is 0 Å². The Morgan fingerprint density at radius 2 is 2.26 bits per heavy atom. The number of aliphatic imine (C=N–C) groups is 1. The second-order valence-corrected chi connectivity index (χ2v) is 5.27. The molecule has 2 heterocycles. The van der Waals surface area contributed by atoms with Crippen LogP contribution in [-0.2, 0) is 11.3 Å². The van der Waals surface area contributed by atoms with E-state index >= 15 is 0 Å². The Hall–Kier alpha value is -2.32. The molecule has 2 aliphatic rings. The van der Waals surface area contributed by atoms with E-state index in [-0.39, 0.29) is 19.1 Å². The topological polar surface area (TPSA) is 104 Å². The smallest absolute Gasteiger partial charge is 0.251 e. The molecule has 1 aromatic carbocycles. The molecule has 0 bridgehead atoms. The fourth-order valence-electron chi connectivity index (χ4n) is 2.74. The van der Waals surface area contributed by atoms with E-state index in [4.69, 9.17) is 14.6 Å². The molecule has 0 radical (unpaired) electrons. The van der Waals surface area contributed by atoms with Crippen LogP contribution in [-0.4, -0.2) is 60.0 Å². The van der Waals surface area contributed by atoms with Crippen LogP contribution in [0.4, 0.5) is 5.69 Å². The molecule has 0 aromatic heterocycles. The molecule has 0 saturated carbocycles. The van der Waals surface area contributed by atoms with Gasteiger partial charge in [0.15, 0.2) is 11.5 Å². The van der Waals surface area contributed by atoms with Crippen molar-refractivity contribution in [1.82, 2.24) is 10.2 Å². The maximum absolute atomic E-state index is 11.8. The summed E-state index contributed by atoms with van der Waals surface area (Å²) in [5, 5.41) is 20.9. The Morgan fingerprint density at radius 3 is 2.96 bits per heavy atom. The lowest BCUT2D eigenvalue weighted by molar-refractivity contribution is -0.122. The molecule has 8 heteroatoms. The number of ether oxygens (including phenoxy) is 2. The van der Waals surface area contributed by atoms with Crippen LogP contribution in [0.1, 0.15) is 12.0 Å². The van der Waals surface area contributed by atoms with Crippen molar-refractivity contribution in [1.29, 1.82) is 0 Å². The maximum atomic E-state index is 11.8. The van der Waals surface area contributed by atoms with Gasteiger partial charge in [-0.05, 0) is 12.1 Å². The molecule has 1 saturated heterocycles. The van der Waals surface area contributed by atoms with E-state index in [0.29, 0.717) is 42.7 Å². The van der Waals surface area contributed by atoms with Crippen molar-refractivity contribution in [3.63, 3.8) is 0 Å². The van der Waals surface area contributed by atoms with Gasteiger partial charge in [-0.2, -0.15) is 0 Å². The maximum Gasteiger partial charge on any atom is 0.251 e. The van der Waals surface area contributed by atoms with Gasteiger partial charge in [0, 0.05) is 18.6 Å². The van der Waals surface area contributed by atoms with Gasteiger partial charge in [-0.25, -0.2) is 4.99 Å². The molecule has 0 aliphatic carbocycles. The highest BCUT2D eigenvalue weighted by Crippen LogP contribution is 2.41. The van der Waals surface area contributed by atoms with Crippen molar-refractivity contribution in [3.05, 3.63) is 17.7 Å². The third kappa shape index (κ3) is 2.71. The largest absolute Gasteiger partial charge is 0.492 e. The SMILES string of the molecule is COc1c(OCCCO)ccc2c1CN1C(=N2)NC(=O)C1CO. The number of fused-ring (bicyclic) bond motifs is 2. The number of aliphatic hydroxyl groups excluding tert-OH is 2. The standard InChI is InChI=1S/C15H19N3O5/c1-22-13-9-7-18-11(8-20)14(21)17-15(18)16-10(9)3-4-12(13)23-6-2-5-19/h3-4,11,19-20H,2,5-8H2,1H3,(H,16,17,21). The van der Waals surface area contributed by atoms with E-state index in [2.05, 4.69) is 10.3 Å². The first kappa shape index (κ1) is 15.6. The summed E-state index contributed by atoms with van der Waals surface area (Å²) in [6.07, 6.45) is 0.527. The first-order valence-corrected chi connectivity index (χ1v) is 7.40. The number of hydrogen-bond acceptors (Lipinski definition) is 7. The highest BCUT2D eigenvalue weighted by molar-refractivity contribution is 6.08. The summed E-state index contributed by atoms with van der Waals surface area (Å²) in [4.78, 5) is 18.0. The minimum Gasteiger partial charge on any atom is -0.492 e. The Labute approximate surface area is 133 Å². The van der Waals surface area contributed by atoms with Crippen LogP contribution in [0.25, 0.3) is 0 Å². The number of carbonyl (C=O) groups is 1. The Bertz CT molecular complexity index is 646. The van der Waals surface area contributed by atoms with E-state index < -0.39 is 6.04 Å². The summed E-state index contributed by atoms with van der Waals surface area (Å²) < 4.78 is 11.1. The molecule has 8 nitrogen and oxygen atoms in total. The number of rotatable bonds is 6. The molecule has 3 rings (SSSR count). The molecule has 2 aliphatic heterocycles. The van der Waals surface area contributed by atoms with Crippen molar-refractivity contribution < 1.29 is 24.5 Å². The van der Waals surface area contributed by atoms with E-state index in [1.165, 1.54) is 0 Å². The summed E-state index contributed by atoms with van der Waals surface area (Å²) in [5.41, 5.74) is 1.49. The minimum atomic E-state index is -0.648. The lowest BCUT2D eigenvalue weighted by atomic mass is 10.1. The highest BCUT2D eigenvalue weighted by Gasteiger charge is 2.39. The third-order valence-electron chi connectivity index (χ3n) is 3.88. The number of nitrogens with one attached hydrogen (secondary N) is 1. The second-order valence-electron chi connectivity index (χ2n) is 5.27. The quantitative estimate of drug-likeness (QED) is 0.624. The van der Waals surface area contributed by atoms with E-state index in [0.717, 1.165) is 5.56 Å². The van der Waals surface area contributed by atoms with Gasteiger partial charge in [0.05, 0.1) is 32.6 Å². The number of aliphatic hydroxyl groups is 2. The van der Waals surface area contributed by atoms with Gasteiger partial charge in [0.2, 0.25) is 5.96 Å². The average Bonchev–Trinajstić information content (AvgIpc) is 2.86. The zero-order chi connectivity index (χ0) is 16.4. The van der Waals surface area contributed by atoms with Crippen molar-refractivity contribution >= 4 is 17.6 Å². The van der Waals surface area contributed by atoms with Crippen molar-refractivity contribution in [2.24, 2.45) is 4.99 Å². The first-order chi connectivity index (χ1) is 11.2. The zero-order valence-corrected chi connectivity index (χ0v) is 12.8. The molecule has 1 fully saturated rings. The van der Waals surface area contributed by atoms with Crippen molar-refractivity contribution in [3.8, 4) is 11.5 Å². The number of benzene rings is 1. The van der Waals surface area contributed by atoms with E-state index in [9.17, 15) is 9.90 Å². The van der Waals surface area contributed by atoms with Gasteiger partial charge >= 0.3 is 0 Å². The minimum absolute atomic E-state index is 0.0562. The summed E-state index contributed by atoms with van der Waals surface area (Å²) in [5.74, 6) is 1.30. The van der Waals surface area contributed by atoms with Gasteiger partial charge in [0.1, 0.15) is 6.04 Å². The third-order valence-corrected chi connectivity index (χ3v) is 3.88. The first-order valence-electron chi connectivity index (χ1n) is 7.40. The Kier molecular flexibility index (Phi) is 4.35. The predicted molar refractivity (Wildman–Crippen MR) is 81.8 cm³/mol. The van der Waals surface area contributed by atoms with Crippen LogP contribution in [0.5, 0.6) is 11.5 Å². The molecular formula is C15H19N3O5. The molecule has 0 spiro atoms. The Morgan fingerprint density at radius 1 is 1.43 bits per heavy atom. The second kappa shape index (κ2) is 6.43. The average molecular weight is 321 g/mol. The van der Waals surface area contributed by atoms with Gasteiger partial charge < -0.3 is 24.6 Å². The lowest BCUT2D eigenvalue weighted by Crippen LogP contribution is -2.39. The summed E-state index contributed by atoms with van der Waals surface area (Å²) in [7, 11) is 1.55. The zero-order valence-electron chi connectivity index (χ0n) is 12.8. The van der Waals surface area contributed by atoms with Crippen molar-refractivity contribution in [2.45, 2.75) is 19.0 Å². The van der Waals surface area contributed by atoms with Crippen LogP contribution < -0.4 is 14.8 Å². The number of nitrogens with zero attached hydrogens (tertiary/aromatic N) is 2. The monoisotopic (exact) mass is 321 g/mol. The normalized spacial score (nSPS) is 18.9. The molecule has 1 amide bonds. The van der Waals surface area contributed by atoms with Gasteiger partial charge in [-0.1, -0.05) is 0 Å². The number of methoxy groups -OCH3 is 1. The Balaban J connectivity index is 1.93. The van der Waals surface area contributed by atoms with Crippen LogP contribution in [0.2, 0.25) is 0 Å². The molecule has 1 unspecified atom stereocenters. The van der Waals surface area contributed by atoms with Crippen molar-refractivity contribution in [2.75, 3.05) is 26.9 Å². The number of amides is 1. The highest BCUT2D eigenvalue weighted by atomic mass is 16.5. The molecule has 124 valence electrons. The van der Waals surface area contributed by atoms with E-state index in [1.807, 2.05) is 0 Å². The summed E-state index contributed by atoms with van der Waals surface area (Å²) >= 11 is 0. The van der Waals surface area contributed by atoms with Crippen LogP contribution in [0.3, 0.4) is 0 Å². The number of hydrogen-bond donors (Lipinski definition) is 3. The number of carbonyl (C=O) groups excluding carboxylic acids is 1. The lowest BCUT2D eigenvalue weighted by Gasteiger charge is -2.28. The van der Waals surface area contributed by atoms with Gasteiger partial charge in [0.25, 0.3) is 5.91 Å². The van der Waals surface area contributed by atoms with E-state index in [1.54, 1.807) is 24.1 Å². The van der Waals surface area contributed by atoms with Gasteiger partial charge in [-0.15, -0.1) is 0 Å². The molecular weight excluding hydrogens is 302 g/mol. The molecule has 23 heavy (non-hydrogen) atoms. The van der Waals surface area contributed by atoms with Crippen LogP contribution >= 0.6 is 0 Å². The fourth-order valence-corrected chi connectivity index (χ4v) is 2.74. The summed E-state index contributed by atoms with van der Waals surface area (Å²) in [6, 6.07) is 2.91. The summed E-state index contributed by atoms with van der Waals surface area (Å²) in [6.45, 7) is 0.539.